The summed E-state index contributed by atoms with van der Waals surface area (Å²) in [7, 11) is 0. The van der Waals surface area contributed by atoms with Crippen molar-refractivity contribution < 1.29 is 0 Å². The second-order valence-electron chi connectivity index (χ2n) is 3.66. The van der Waals surface area contributed by atoms with E-state index < -0.39 is 0 Å². The van der Waals surface area contributed by atoms with Crippen molar-refractivity contribution in [2.45, 2.75) is 6.42 Å². The highest BCUT2D eigenvalue weighted by molar-refractivity contribution is 7.80. The molecule has 3 nitrogen and oxygen atoms in total. The van der Waals surface area contributed by atoms with Crippen LogP contribution < -0.4 is 4.90 Å². The number of nitrogens with zero attached hydrogens (tertiary/aromatic N) is 3. The first kappa shape index (κ1) is 10.9. The molecular formula is C12H13N3S. The van der Waals surface area contributed by atoms with Gasteiger partial charge in [-0.1, -0.05) is 18.2 Å². The lowest BCUT2D eigenvalue weighted by Crippen LogP contribution is -2.32. The third-order valence-corrected chi connectivity index (χ3v) is 3.13. The van der Waals surface area contributed by atoms with Crippen LogP contribution in [0.25, 0.3) is 0 Å². The molecule has 0 unspecified atom stereocenters. The maximum absolute atomic E-state index is 8.56. The minimum atomic E-state index is 0.531. The summed E-state index contributed by atoms with van der Waals surface area (Å²) in [5.41, 5.74) is 1.13. The van der Waals surface area contributed by atoms with Gasteiger partial charge in [0.05, 0.1) is 12.5 Å². The summed E-state index contributed by atoms with van der Waals surface area (Å²) in [6.07, 6.45) is 0.531. The van der Waals surface area contributed by atoms with E-state index in [-0.39, 0.29) is 0 Å². The third-order valence-electron chi connectivity index (χ3n) is 2.66. The van der Waals surface area contributed by atoms with E-state index in [0.717, 1.165) is 30.4 Å². The Bertz CT molecular complexity index is 410. The summed E-state index contributed by atoms with van der Waals surface area (Å²) in [6.45, 7) is 2.56. The van der Waals surface area contributed by atoms with Gasteiger partial charge in [-0.05, 0) is 24.4 Å². The summed E-state index contributed by atoms with van der Waals surface area (Å²) in [6, 6.07) is 12.3. The van der Waals surface area contributed by atoms with E-state index in [0.29, 0.717) is 6.42 Å². The average molecular weight is 231 g/mol. The molecule has 0 N–H and O–H groups in total. The average Bonchev–Trinajstić information content (AvgIpc) is 2.69. The molecule has 1 aliphatic rings. The number of rotatable bonds is 3. The van der Waals surface area contributed by atoms with E-state index in [1.165, 1.54) is 0 Å². The Labute approximate surface area is 101 Å². The molecule has 0 bridgehead atoms. The van der Waals surface area contributed by atoms with Gasteiger partial charge in [0.1, 0.15) is 0 Å². The molecule has 1 aliphatic heterocycles. The fourth-order valence-electron chi connectivity index (χ4n) is 1.82. The van der Waals surface area contributed by atoms with E-state index >= 15 is 0 Å². The molecule has 1 heterocycles. The number of hydrogen-bond acceptors (Lipinski definition) is 2. The molecule has 4 heteroatoms. The lowest BCUT2D eigenvalue weighted by Gasteiger charge is -2.21. The van der Waals surface area contributed by atoms with Gasteiger partial charge >= 0.3 is 0 Å². The van der Waals surface area contributed by atoms with Crippen LogP contribution in [0.3, 0.4) is 0 Å². The number of nitriles is 1. The maximum Gasteiger partial charge on any atom is 0.176 e. The van der Waals surface area contributed by atoms with Crippen LogP contribution in [0.2, 0.25) is 0 Å². The van der Waals surface area contributed by atoms with Gasteiger partial charge in [-0.25, -0.2) is 0 Å². The van der Waals surface area contributed by atoms with Crippen LogP contribution in [-0.4, -0.2) is 29.6 Å². The fraction of sp³-hybridized carbons (Fsp3) is 0.333. The number of anilines is 1. The molecule has 16 heavy (non-hydrogen) atoms. The standard InChI is InChI=1S/C12H13N3S/c13-7-4-8-14-9-10-15(12(14)16)11-5-2-1-3-6-11/h1-3,5-6H,4,8-10H2. The van der Waals surface area contributed by atoms with Crippen molar-refractivity contribution in [3.8, 4) is 6.07 Å². The van der Waals surface area contributed by atoms with E-state index in [9.17, 15) is 0 Å². The summed E-state index contributed by atoms with van der Waals surface area (Å²) in [4.78, 5) is 4.21. The molecule has 0 spiro atoms. The van der Waals surface area contributed by atoms with Crippen LogP contribution in [0.1, 0.15) is 6.42 Å². The van der Waals surface area contributed by atoms with Gasteiger partial charge in [0.2, 0.25) is 0 Å². The molecule has 0 atom stereocenters. The Hall–Kier alpha value is -1.60. The van der Waals surface area contributed by atoms with Crippen molar-refractivity contribution >= 4 is 23.0 Å². The zero-order valence-electron chi connectivity index (χ0n) is 8.97. The van der Waals surface area contributed by atoms with E-state index in [1.807, 2.05) is 18.2 Å². The van der Waals surface area contributed by atoms with Gasteiger partial charge < -0.3 is 9.80 Å². The monoisotopic (exact) mass is 231 g/mol. The molecule has 1 fully saturated rings. The quantitative estimate of drug-likeness (QED) is 0.744. The summed E-state index contributed by atoms with van der Waals surface area (Å²) in [5.74, 6) is 0. The number of thiocarbonyl (C=S) groups is 1. The van der Waals surface area contributed by atoms with E-state index in [1.54, 1.807) is 0 Å². The molecule has 1 saturated heterocycles. The van der Waals surface area contributed by atoms with Gasteiger partial charge in [0, 0.05) is 25.3 Å². The molecule has 0 aromatic heterocycles. The summed E-state index contributed by atoms with van der Waals surface area (Å²) < 4.78 is 0. The largest absolute Gasteiger partial charge is 0.346 e. The molecule has 82 valence electrons. The molecule has 2 rings (SSSR count). The fourth-order valence-corrected chi connectivity index (χ4v) is 2.20. The van der Waals surface area contributed by atoms with Crippen molar-refractivity contribution in [1.29, 1.82) is 5.26 Å². The zero-order chi connectivity index (χ0) is 11.4. The van der Waals surface area contributed by atoms with E-state index in [2.05, 4.69) is 28.0 Å². The van der Waals surface area contributed by atoms with Crippen molar-refractivity contribution in [1.82, 2.24) is 4.90 Å². The highest BCUT2D eigenvalue weighted by Gasteiger charge is 2.24. The van der Waals surface area contributed by atoms with Crippen molar-refractivity contribution in [3.63, 3.8) is 0 Å². The van der Waals surface area contributed by atoms with Crippen molar-refractivity contribution in [2.24, 2.45) is 0 Å². The molecule has 0 saturated carbocycles. The number of hydrogen-bond donors (Lipinski definition) is 0. The Balaban J connectivity index is 2.05. The van der Waals surface area contributed by atoms with Gasteiger partial charge in [0.25, 0.3) is 0 Å². The van der Waals surface area contributed by atoms with Crippen LogP contribution >= 0.6 is 12.2 Å². The first-order valence-electron chi connectivity index (χ1n) is 5.31. The van der Waals surface area contributed by atoms with Crippen LogP contribution in [0.5, 0.6) is 0 Å². The Morgan fingerprint density at radius 3 is 2.69 bits per heavy atom. The van der Waals surface area contributed by atoms with Crippen LogP contribution in [0, 0.1) is 11.3 Å². The van der Waals surface area contributed by atoms with Gasteiger partial charge in [0.15, 0.2) is 5.11 Å². The molecule has 0 aliphatic carbocycles. The normalized spacial score (nSPS) is 15.3. The van der Waals surface area contributed by atoms with Gasteiger partial charge in [-0.2, -0.15) is 5.26 Å². The molecule has 1 aromatic carbocycles. The predicted octanol–water partition coefficient (Wildman–Crippen LogP) is 2.01. The highest BCUT2D eigenvalue weighted by Crippen LogP contribution is 2.19. The Kier molecular flexibility index (Phi) is 3.37. The van der Waals surface area contributed by atoms with Gasteiger partial charge in [-0.15, -0.1) is 0 Å². The minimum Gasteiger partial charge on any atom is -0.346 e. The second kappa shape index (κ2) is 4.95. The number of para-hydroxylation sites is 1. The Morgan fingerprint density at radius 2 is 2.00 bits per heavy atom. The van der Waals surface area contributed by atoms with Crippen molar-refractivity contribution in [2.75, 3.05) is 24.5 Å². The highest BCUT2D eigenvalue weighted by atomic mass is 32.1. The van der Waals surface area contributed by atoms with Crippen LogP contribution in [0.15, 0.2) is 30.3 Å². The first-order chi connectivity index (χ1) is 7.83. The third kappa shape index (κ3) is 2.15. The molecule has 0 radical (unpaired) electrons. The summed E-state index contributed by atoms with van der Waals surface area (Å²) in [5, 5.41) is 9.40. The number of benzene rings is 1. The smallest absolute Gasteiger partial charge is 0.176 e. The topological polar surface area (TPSA) is 30.3 Å². The Morgan fingerprint density at radius 1 is 1.25 bits per heavy atom. The van der Waals surface area contributed by atoms with Gasteiger partial charge in [-0.3, -0.25) is 0 Å². The first-order valence-corrected chi connectivity index (χ1v) is 5.72. The van der Waals surface area contributed by atoms with E-state index in [4.69, 9.17) is 17.5 Å². The van der Waals surface area contributed by atoms with Crippen LogP contribution in [-0.2, 0) is 0 Å². The minimum absolute atomic E-state index is 0.531. The second-order valence-corrected chi connectivity index (χ2v) is 4.03. The molecular weight excluding hydrogens is 218 g/mol. The maximum atomic E-state index is 8.56. The van der Waals surface area contributed by atoms with Crippen LogP contribution in [0.4, 0.5) is 5.69 Å². The lowest BCUT2D eigenvalue weighted by molar-refractivity contribution is 0.479. The summed E-state index contributed by atoms with van der Waals surface area (Å²) >= 11 is 5.40. The SMILES string of the molecule is N#CCCN1CCN(c2ccccc2)C1=S. The van der Waals surface area contributed by atoms with Crippen molar-refractivity contribution in [3.05, 3.63) is 30.3 Å². The predicted molar refractivity (Wildman–Crippen MR) is 68.2 cm³/mol. The zero-order valence-corrected chi connectivity index (χ0v) is 9.78. The lowest BCUT2D eigenvalue weighted by atomic mass is 10.3. The molecule has 1 aromatic rings. The molecule has 0 amide bonds.